The van der Waals surface area contributed by atoms with E-state index in [0.717, 1.165) is 5.76 Å². The van der Waals surface area contributed by atoms with E-state index in [4.69, 9.17) is 14.9 Å². The highest BCUT2D eigenvalue weighted by Crippen LogP contribution is 2.20. The van der Waals surface area contributed by atoms with E-state index in [0.29, 0.717) is 32.6 Å². The van der Waals surface area contributed by atoms with Crippen LogP contribution in [0.4, 0.5) is 0 Å². The molecule has 0 aromatic carbocycles. The lowest BCUT2D eigenvalue weighted by Gasteiger charge is -2.35. The van der Waals surface area contributed by atoms with Crippen molar-refractivity contribution >= 4 is 18.3 Å². The van der Waals surface area contributed by atoms with Crippen molar-refractivity contribution in [1.82, 2.24) is 4.90 Å². The van der Waals surface area contributed by atoms with Crippen LogP contribution < -0.4 is 5.73 Å². The number of nitrogens with zero attached hydrogens (tertiary/aromatic N) is 1. The first-order valence-electron chi connectivity index (χ1n) is 5.76. The van der Waals surface area contributed by atoms with Gasteiger partial charge in [-0.25, -0.2) is 0 Å². The van der Waals surface area contributed by atoms with Gasteiger partial charge in [0.05, 0.1) is 18.3 Å². The molecule has 6 heteroatoms. The van der Waals surface area contributed by atoms with Crippen LogP contribution >= 0.6 is 12.4 Å². The number of furan rings is 1. The monoisotopic (exact) mass is 274 g/mol. The van der Waals surface area contributed by atoms with E-state index in [1.54, 1.807) is 24.3 Å². The Balaban J connectivity index is 0.00000162. The van der Waals surface area contributed by atoms with Gasteiger partial charge in [0.25, 0.3) is 0 Å². The van der Waals surface area contributed by atoms with Gasteiger partial charge in [-0.3, -0.25) is 4.79 Å². The maximum atomic E-state index is 12.2. The van der Waals surface area contributed by atoms with Crippen LogP contribution in [0.15, 0.2) is 22.8 Å². The standard InChI is InChI=1S/C12H18N2O3.ClH/c1-14(9-10-3-2-6-17-10)11(15)12(13)4-7-16-8-5-12;/h2-3,6H,4-5,7-9,13H2,1H3;1H. The molecule has 1 aromatic rings. The second-order valence-electron chi connectivity index (χ2n) is 4.51. The minimum atomic E-state index is -0.778. The summed E-state index contributed by atoms with van der Waals surface area (Å²) in [5, 5.41) is 0. The average molecular weight is 275 g/mol. The summed E-state index contributed by atoms with van der Waals surface area (Å²) in [6.07, 6.45) is 2.75. The Hall–Kier alpha value is -1.04. The van der Waals surface area contributed by atoms with Crippen LogP contribution in [0.2, 0.25) is 0 Å². The lowest BCUT2D eigenvalue weighted by atomic mass is 9.90. The number of likely N-dealkylation sites (N-methyl/N-ethyl adjacent to an activating group) is 1. The van der Waals surface area contributed by atoms with Crippen molar-refractivity contribution < 1.29 is 13.9 Å². The van der Waals surface area contributed by atoms with Crippen LogP contribution in [-0.4, -0.2) is 36.6 Å². The number of nitrogens with two attached hydrogens (primary N) is 1. The number of rotatable bonds is 3. The Morgan fingerprint density at radius 2 is 2.17 bits per heavy atom. The fraction of sp³-hybridized carbons (Fsp3) is 0.583. The number of hydrogen-bond donors (Lipinski definition) is 1. The van der Waals surface area contributed by atoms with Crippen molar-refractivity contribution in [2.75, 3.05) is 20.3 Å². The number of carbonyl (C=O) groups excluding carboxylic acids is 1. The number of amides is 1. The third kappa shape index (κ3) is 3.25. The number of carbonyl (C=O) groups is 1. The van der Waals surface area contributed by atoms with Crippen molar-refractivity contribution in [2.24, 2.45) is 5.73 Å². The van der Waals surface area contributed by atoms with E-state index in [1.165, 1.54) is 0 Å². The molecule has 1 aliphatic rings. The summed E-state index contributed by atoms with van der Waals surface area (Å²) in [6, 6.07) is 3.65. The van der Waals surface area contributed by atoms with Gasteiger partial charge in [0, 0.05) is 20.3 Å². The SMILES string of the molecule is CN(Cc1ccco1)C(=O)C1(N)CCOCC1.Cl. The molecule has 0 saturated carbocycles. The Kier molecular flexibility index (Phi) is 5.19. The van der Waals surface area contributed by atoms with Crippen molar-refractivity contribution in [1.29, 1.82) is 0 Å². The molecule has 0 unspecified atom stereocenters. The molecule has 5 nitrogen and oxygen atoms in total. The molecule has 1 aliphatic heterocycles. The normalized spacial score (nSPS) is 17.9. The molecule has 0 radical (unpaired) electrons. The summed E-state index contributed by atoms with van der Waals surface area (Å²) < 4.78 is 10.4. The van der Waals surface area contributed by atoms with E-state index in [-0.39, 0.29) is 18.3 Å². The fourth-order valence-electron chi connectivity index (χ4n) is 2.04. The van der Waals surface area contributed by atoms with Crippen molar-refractivity contribution in [3.63, 3.8) is 0 Å². The molecule has 2 rings (SSSR count). The molecule has 0 bridgehead atoms. The highest BCUT2D eigenvalue weighted by atomic mass is 35.5. The minimum Gasteiger partial charge on any atom is -0.467 e. The van der Waals surface area contributed by atoms with Gasteiger partial charge in [0.2, 0.25) is 5.91 Å². The second kappa shape index (κ2) is 6.22. The lowest BCUT2D eigenvalue weighted by Crippen LogP contribution is -2.57. The van der Waals surface area contributed by atoms with Crippen molar-refractivity contribution in [2.45, 2.75) is 24.9 Å². The summed E-state index contributed by atoms with van der Waals surface area (Å²) in [5.74, 6) is 0.716. The van der Waals surface area contributed by atoms with E-state index >= 15 is 0 Å². The van der Waals surface area contributed by atoms with Gasteiger partial charge in [-0.15, -0.1) is 12.4 Å². The molecule has 0 aliphatic carbocycles. The maximum absolute atomic E-state index is 12.2. The molecule has 18 heavy (non-hydrogen) atoms. The molecule has 1 amide bonds. The molecule has 102 valence electrons. The zero-order valence-corrected chi connectivity index (χ0v) is 11.2. The van der Waals surface area contributed by atoms with Gasteiger partial charge in [0.1, 0.15) is 5.76 Å². The highest BCUT2D eigenvalue weighted by molar-refractivity contribution is 5.86. The predicted molar refractivity (Wildman–Crippen MR) is 69.4 cm³/mol. The topological polar surface area (TPSA) is 68.7 Å². The summed E-state index contributed by atoms with van der Waals surface area (Å²) in [4.78, 5) is 13.9. The van der Waals surface area contributed by atoms with Crippen LogP contribution in [0.5, 0.6) is 0 Å². The Morgan fingerprint density at radius 1 is 1.50 bits per heavy atom. The molecular formula is C12H19ClN2O3. The largest absolute Gasteiger partial charge is 0.467 e. The highest BCUT2D eigenvalue weighted by Gasteiger charge is 2.37. The zero-order chi connectivity index (χ0) is 12.3. The zero-order valence-electron chi connectivity index (χ0n) is 10.4. The first kappa shape index (κ1) is 15.0. The number of ether oxygens (including phenoxy) is 1. The first-order valence-corrected chi connectivity index (χ1v) is 5.76. The minimum absolute atomic E-state index is 0. The van der Waals surface area contributed by atoms with E-state index in [2.05, 4.69) is 0 Å². The molecule has 0 spiro atoms. The summed E-state index contributed by atoms with van der Waals surface area (Å²) in [6.45, 7) is 1.55. The summed E-state index contributed by atoms with van der Waals surface area (Å²) in [7, 11) is 1.74. The van der Waals surface area contributed by atoms with Crippen LogP contribution in [-0.2, 0) is 16.1 Å². The molecule has 1 saturated heterocycles. The Bertz CT molecular complexity index is 375. The van der Waals surface area contributed by atoms with Crippen molar-refractivity contribution in [3.05, 3.63) is 24.2 Å². The molecular weight excluding hydrogens is 256 g/mol. The van der Waals surface area contributed by atoms with Crippen molar-refractivity contribution in [3.8, 4) is 0 Å². The number of hydrogen-bond acceptors (Lipinski definition) is 4. The van der Waals surface area contributed by atoms with E-state index in [1.807, 2.05) is 6.07 Å². The van der Waals surface area contributed by atoms with Gasteiger partial charge in [-0.05, 0) is 25.0 Å². The summed E-state index contributed by atoms with van der Waals surface area (Å²) >= 11 is 0. The average Bonchev–Trinajstić information content (AvgIpc) is 2.81. The van der Waals surface area contributed by atoms with Crippen LogP contribution in [0.25, 0.3) is 0 Å². The van der Waals surface area contributed by atoms with Gasteiger partial charge in [-0.1, -0.05) is 0 Å². The van der Waals surface area contributed by atoms with Gasteiger partial charge in [-0.2, -0.15) is 0 Å². The predicted octanol–water partition coefficient (Wildman–Crippen LogP) is 1.17. The Labute approximate surface area is 113 Å². The smallest absolute Gasteiger partial charge is 0.242 e. The van der Waals surface area contributed by atoms with E-state index in [9.17, 15) is 4.79 Å². The third-order valence-corrected chi connectivity index (χ3v) is 3.13. The molecule has 1 aromatic heterocycles. The van der Waals surface area contributed by atoms with E-state index < -0.39 is 5.54 Å². The fourth-order valence-corrected chi connectivity index (χ4v) is 2.04. The molecule has 1 fully saturated rings. The quantitative estimate of drug-likeness (QED) is 0.898. The Morgan fingerprint density at radius 3 is 2.72 bits per heavy atom. The molecule has 2 N–H and O–H groups in total. The lowest BCUT2D eigenvalue weighted by molar-refractivity contribution is -0.140. The van der Waals surface area contributed by atoms with Gasteiger partial charge < -0.3 is 19.8 Å². The number of halogens is 1. The molecule has 0 atom stereocenters. The van der Waals surface area contributed by atoms with Gasteiger partial charge in [0.15, 0.2) is 0 Å². The summed E-state index contributed by atoms with van der Waals surface area (Å²) in [5.41, 5.74) is 5.35. The van der Waals surface area contributed by atoms with Gasteiger partial charge >= 0.3 is 0 Å². The first-order chi connectivity index (χ1) is 8.12. The maximum Gasteiger partial charge on any atom is 0.242 e. The second-order valence-corrected chi connectivity index (χ2v) is 4.51. The van der Waals surface area contributed by atoms with Crippen LogP contribution in [0, 0.1) is 0 Å². The molecule has 2 heterocycles. The third-order valence-electron chi connectivity index (χ3n) is 3.13. The van der Waals surface area contributed by atoms with Crippen LogP contribution in [0.3, 0.4) is 0 Å². The van der Waals surface area contributed by atoms with Crippen LogP contribution in [0.1, 0.15) is 18.6 Å².